The van der Waals surface area contributed by atoms with Gasteiger partial charge in [-0.2, -0.15) is 11.8 Å². The van der Waals surface area contributed by atoms with E-state index in [-0.39, 0.29) is 6.10 Å². The summed E-state index contributed by atoms with van der Waals surface area (Å²) in [5.74, 6) is 1.78. The minimum Gasteiger partial charge on any atom is -0.390 e. The Kier molecular flexibility index (Phi) is 10.3. The average molecular weight is 262 g/mol. The minimum absolute atomic E-state index is 0.269. The van der Waals surface area contributed by atoms with Gasteiger partial charge < -0.3 is 10.4 Å². The fourth-order valence-electron chi connectivity index (χ4n) is 1.83. The van der Waals surface area contributed by atoms with Gasteiger partial charge in [-0.25, -0.2) is 0 Å². The van der Waals surface area contributed by atoms with Gasteiger partial charge in [0, 0.05) is 24.9 Å². The predicted octanol–water partition coefficient (Wildman–Crippen LogP) is 1.67. The van der Waals surface area contributed by atoms with E-state index in [0.29, 0.717) is 18.5 Å². The molecule has 2 N–H and O–H groups in total. The van der Waals surface area contributed by atoms with E-state index < -0.39 is 0 Å². The normalized spacial score (nSPS) is 15.5. The van der Waals surface area contributed by atoms with Crippen LogP contribution >= 0.6 is 11.8 Å². The molecule has 0 bridgehead atoms. The molecule has 2 atom stereocenters. The van der Waals surface area contributed by atoms with Crippen LogP contribution in [-0.2, 0) is 0 Å². The molecule has 17 heavy (non-hydrogen) atoms. The highest BCUT2D eigenvalue weighted by molar-refractivity contribution is 7.98. The standard InChI is InChI=1S/C13H30N2OS/c1-6-12(10-17-5)15(4)9-13(16)8-14-7-11(2)3/h11-14,16H,6-10H2,1-5H3. The van der Waals surface area contributed by atoms with Crippen LogP contribution in [0.25, 0.3) is 0 Å². The largest absolute Gasteiger partial charge is 0.390 e. The number of aliphatic hydroxyl groups excluding tert-OH is 1. The first-order chi connectivity index (χ1) is 8.01. The van der Waals surface area contributed by atoms with Gasteiger partial charge in [-0.15, -0.1) is 0 Å². The van der Waals surface area contributed by atoms with Crippen LogP contribution in [0.15, 0.2) is 0 Å². The molecule has 0 aliphatic rings. The summed E-state index contributed by atoms with van der Waals surface area (Å²) in [5, 5.41) is 13.2. The lowest BCUT2D eigenvalue weighted by atomic mass is 10.2. The summed E-state index contributed by atoms with van der Waals surface area (Å²) in [6, 6.07) is 0.574. The molecule has 0 fully saturated rings. The summed E-state index contributed by atoms with van der Waals surface area (Å²) in [5.41, 5.74) is 0. The second kappa shape index (κ2) is 10.2. The number of nitrogens with zero attached hydrogens (tertiary/aromatic N) is 1. The molecule has 0 aliphatic heterocycles. The van der Waals surface area contributed by atoms with Crippen LogP contribution in [0.4, 0.5) is 0 Å². The lowest BCUT2D eigenvalue weighted by Gasteiger charge is -2.28. The molecule has 3 nitrogen and oxygen atoms in total. The van der Waals surface area contributed by atoms with Crippen molar-refractivity contribution >= 4 is 11.8 Å². The molecular formula is C13H30N2OS. The van der Waals surface area contributed by atoms with E-state index in [0.717, 1.165) is 25.3 Å². The summed E-state index contributed by atoms with van der Waals surface area (Å²) in [6.07, 6.45) is 3.01. The molecule has 4 heteroatoms. The molecule has 0 heterocycles. The minimum atomic E-state index is -0.269. The van der Waals surface area contributed by atoms with E-state index in [1.165, 1.54) is 0 Å². The molecule has 0 rings (SSSR count). The smallest absolute Gasteiger partial charge is 0.0791 e. The maximum atomic E-state index is 9.93. The third-order valence-electron chi connectivity index (χ3n) is 2.88. The monoisotopic (exact) mass is 262 g/mol. The number of hydrogen-bond acceptors (Lipinski definition) is 4. The van der Waals surface area contributed by atoms with E-state index in [1.807, 2.05) is 11.8 Å². The van der Waals surface area contributed by atoms with Crippen molar-refractivity contribution in [1.82, 2.24) is 10.2 Å². The van der Waals surface area contributed by atoms with Gasteiger partial charge in [0.05, 0.1) is 6.10 Å². The molecule has 0 aromatic heterocycles. The third-order valence-corrected chi connectivity index (χ3v) is 3.60. The molecule has 0 aliphatic carbocycles. The van der Waals surface area contributed by atoms with Crippen LogP contribution in [0.5, 0.6) is 0 Å². The maximum Gasteiger partial charge on any atom is 0.0791 e. The summed E-state index contributed by atoms with van der Waals surface area (Å²) < 4.78 is 0. The number of rotatable bonds is 10. The van der Waals surface area contributed by atoms with Crippen molar-refractivity contribution in [2.24, 2.45) is 5.92 Å². The van der Waals surface area contributed by atoms with E-state index >= 15 is 0 Å². The first kappa shape index (κ1) is 17.2. The zero-order valence-electron chi connectivity index (χ0n) is 12.1. The Balaban J connectivity index is 3.80. The quantitative estimate of drug-likeness (QED) is 0.628. The first-order valence-electron chi connectivity index (χ1n) is 6.59. The van der Waals surface area contributed by atoms with E-state index in [2.05, 4.69) is 44.3 Å². The highest BCUT2D eigenvalue weighted by Crippen LogP contribution is 2.08. The van der Waals surface area contributed by atoms with Gasteiger partial charge in [0.2, 0.25) is 0 Å². The van der Waals surface area contributed by atoms with Crippen molar-refractivity contribution in [3.05, 3.63) is 0 Å². The Bertz CT molecular complexity index is 179. The van der Waals surface area contributed by atoms with Gasteiger partial charge in [-0.05, 0) is 32.2 Å². The molecule has 0 aromatic carbocycles. The van der Waals surface area contributed by atoms with Crippen molar-refractivity contribution in [2.75, 3.05) is 38.7 Å². The Morgan fingerprint density at radius 1 is 1.29 bits per heavy atom. The Hall–Kier alpha value is 0.230. The average Bonchev–Trinajstić information content (AvgIpc) is 2.24. The van der Waals surface area contributed by atoms with Crippen LogP contribution in [0, 0.1) is 5.92 Å². The van der Waals surface area contributed by atoms with Gasteiger partial charge in [-0.3, -0.25) is 4.90 Å². The zero-order valence-corrected chi connectivity index (χ0v) is 12.9. The number of thioether (sulfide) groups is 1. The van der Waals surface area contributed by atoms with Crippen LogP contribution in [0.3, 0.4) is 0 Å². The molecule has 0 saturated heterocycles. The lowest BCUT2D eigenvalue weighted by molar-refractivity contribution is 0.106. The van der Waals surface area contributed by atoms with Gasteiger partial charge in [0.1, 0.15) is 0 Å². The van der Waals surface area contributed by atoms with E-state index in [1.54, 1.807) is 0 Å². The fraction of sp³-hybridized carbons (Fsp3) is 1.00. The van der Waals surface area contributed by atoms with Gasteiger partial charge in [0.15, 0.2) is 0 Å². The van der Waals surface area contributed by atoms with Crippen molar-refractivity contribution in [3.8, 4) is 0 Å². The summed E-state index contributed by atoms with van der Waals surface area (Å²) in [6.45, 7) is 8.99. The van der Waals surface area contributed by atoms with Crippen LogP contribution in [0.1, 0.15) is 27.2 Å². The third kappa shape index (κ3) is 8.89. The summed E-state index contributed by atoms with van der Waals surface area (Å²) in [7, 11) is 2.11. The Morgan fingerprint density at radius 2 is 1.94 bits per heavy atom. The number of hydrogen-bond donors (Lipinski definition) is 2. The Labute approximate surface area is 111 Å². The fourth-order valence-corrected chi connectivity index (χ4v) is 2.71. The SMILES string of the molecule is CCC(CSC)N(C)CC(O)CNCC(C)C. The number of likely N-dealkylation sites (N-methyl/N-ethyl adjacent to an activating group) is 1. The van der Waals surface area contributed by atoms with Crippen LogP contribution < -0.4 is 5.32 Å². The number of aliphatic hydroxyl groups is 1. The molecule has 0 aromatic rings. The maximum absolute atomic E-state index is 9.93. The molecule has 104 valence electrons. The second-order valence-corrected chi connectivity index (χ2v) is 6.07. The summed E-state index contributed by atoms with van der Waals surface area (Å²) >= 11 is 1.87. The molecule has 0 saturated carbocycles. The molecule has 0 amide bonds. The predicted molar refractivity (Wildman–Crippen MR) is 78.8 cm³/mol. The molecule has 0 radical (unpaired) electrons. The zero-order chi connectivity index (χ0) is 13.3. The van der Waals surface area contributed by atoms with E-state index in [4.69, 9.17) is 0 Å². The molecular weight excluding hydrogens is 232 g/mol. The highest BCUT2D eigenvalue weighted by atomic mass is 32.2. The number of nitrogens with one attached hydrogen (secondary N) is 1. The second-order valence-electron chi connectivity index (χ2n) is 5.16. The topological polar surface area (TPSA) is 35.5 Å². The van der Waals surface area contributed by atoms with Crippen LogP contribution in [0.2, 0.25) is 0 Å². The molecule has 0 spiro atoms. The lowest BCUT2D eigenvalue weighted by Crippen LogP contribution is -2.42. The van der Waals surface area contributed by atoms with Crippen molar-refractivity contribution in [2.45, 2.75) is 39.3 Å². The van der Waals surface area contributed by atoms with Crippen molar-refractivity contribution in [1.29, 1.82) is 0 Å². The highest BCUT2D eigenvalue weighted by Gasteiger charge is 2.15. The Morgan fingerprint density at radius 3 is 2.41 bits per heavy atom. The van der Waals surface area contributed by atoms with Gasteiger partial charge in [-0.1, -0.05) is 20.8 Å². The first-order valence-corrected chi connectivity index (χ1v) is 7.98. The van der Waals surface area contributed by atoms with Gasteiger partial charge in [0.25, 0.3) is 0 Å². The van der Waals surface area contributed by atoms with Crippen LogP contribution in [-0.4, -0.2) is 60.8 Å². The van der Waals surface area contributed by atoms with E-state index in [9.17, 15) is 5.11 Å². The van der Waals surface area contributed by atoms with Gasteiger partial charge >= 0.3 is 0 Å². The molecule has 2 unspecified atom stereocenters. The summed E-state index contributed by atoms with van der Waals surface area (Å²) in [4.78, 5) is 2.28. The van der Waals surface area contributed by atoms with Crippen molar-refractivity contribution < 1.29 is 5.11 Å². The van der Waals surface area contributed by atoms with Crippen molar-refractivity contribution in [3.63, 3.8) is 0 Å².